The number of hydrogen-bond donors (Lipinski definition) is 0. The molecule has 0 fully saturated rings. The highest BCUT2D eigenvalue weighted by Crippen LogP contribution is 2.25. The summed E-state index contributed by atoms with van der Waals surface area (Å²) in [6.45, 7) is 6.47. The van der Waals surface area contributed by atoms with Gasteiger partial charge in [0, 0.05) is 6.07 Å². The maximum Gasteiger partial charge on any atom is 0.266 e. The van der Waals surface area contributed by atoms with E-state index in [0.717, 1.165) is 16.9 Å². The van der Waals surface area contributed by atoms with Gasteiger partial charge in [-0.25, -0.2) is 9.97 Å². The molecule has 0 radical (unpaired) electrons. The van der Waals surface area contributed by atoms with E-state index in [-0.39, 0.29) is 11.0 Å². The number of fused-ring (bicyclic) bond motifs is 1. The Kier molecular flexibility index (Phi) is 5.42. The Labute approximate surface area is 181 Å². The normalized spacial score (nSPS) is 11.9. The van der Waals surface area contributed by atoms with Gasteiger partial charge in [-0.15, -0.1) is 0 Å². The SMILES string of the molecule is COc1cccc(/C=C/c2nc3ccccc3c(=O)n2-c2cccc(C(C)(C)C)c2)n1. The summed E-state index contributed by atoms with van der Waals surface area (Å²) in [5.41, 5.74) is 3.17. The minimum Gasteiger partial charge on any atom is -0.481 e. The molecule has 2 aromatic carbocycles. The van der Waals surface area contributed by atoms with E-state index in [0.29, 0.717) is 22.6 Å². The molecule has 0 saturated carbocycles. The predicted molar refractivity (Wildman–Crippen MR) is 126 cm³/mol. The van der Waals surface area contributed by atoms with Crippen LogP contribution in [-0.2, 0) is 5.41 Å². The molecule has 0 N–H and O–H groups in total. The Morgan fingerprint density at radius 1 is 0.903 bits per heavy atom. The first-order valence-corrected chi connectivity index (χ1v) is 10.2. The van der Waals surface area contributed by atoms with Crippen molar-refractivity contribution in [3.63, 3.8) is 0 Å². The summed E-state index contributed by atoms with van der Waals surface area (Å²) in [5.74, 6) is 1.07. The van der Waals surface area contributed by atoms with Crippen molar-refractivity contribution < 1.29 is 4.74 Å². The zero-order valence-corrected chi connectivity index (χ0v) is 18.2. The molecular weight excluding hydrogens is 386 g/mol. The topological polar surface area (TPSA) is 57.0 Å². The number of methoxy groups -OCH3 is 1. The molecule has 156 valence electrons. The zero-order valence-electron chi connectivity index (χ0n) is 18.2. The smallest absolute Gasteiger partial charge is 0.266 e. The minimum atomic E-state index is -0.102. The van der Waals surface area contributed by atoms with Crippen LogP contribution in [0.4, 0.5) is 0 Å². The van der Waals surface area contributed by atoms with E-state index < -0.39 is 0 Å². The van der Waals surface area contributed by atoms with Crippen LogP contribution in [0.1, 0.15) is 37.9 Å². The molecule has 2 heterocycles. The van der Waals surface area contributed by atoms with E-state index in [4.69, 9.17) is 9.72 Å². The van der Waals surface area contributed by atoms with Crippen LogP contribution < -0.4 is 10.3 Å². The van der Waals surface area contributed by atoms with Gasteiger partial charge in [0.25, 0.3) is 5.56 Å². The van der Waals surface area contributed by atoms with Gasteiger partial charge in [0.1, 0.15) is 5.82 Å². The third-order valence-electron chi connectivity index (χ3n) is 5.13. The van der Waals surface area contributed by atoms with Crippen molar-refractivity contribution in [2.75, 3.05) is 7.11 Å². The third-order valence-corrected chi connectivity index (χ3v) is 5.13. The monoisotopic (exact) mass is 411 g/mol. The molecule has 0 spiro atoms. The highest BCUT2D eigenvalue weighted by Gasteiger charge is 2.16. The Hall–Kier alpha value is -3.73. The molecule has 0 unspecified atom stereocenters. The van der Waals surface area contributed by atoms with E-state index in [2.05, 4.69) is 37.9 Å². The molecule has 5 nitrogen and oxygen atoms in total. The molecule has 0 saturated heterocycles. The van der Waals surface area contributed by atoms with Gasteiger partial charge in [0.15, 0.2) is 0 Å². The Morgan fingerprint density at radius 2 is 1.68 bits per heavy atom. The number of pyridine rings is 1. The summed E-state index contributed by atoms with van der Waals surface area (Å²) >= 11 is 0. The van der Waals surface area contributed by atoms with Crippen molar-refractivity contribution in [3.8, 4) is 11.6 Å². The molecule has 31 heavy (non-hydrogen) atoms. The van der Waals surface area contributed by atoms with Crippen molar-refractivity contribution in [1.29, 1.82) is 0 Å². The summed E-state index contributed by atoms with van der Waals surface area (Å²) in [6.07, 6.45) is 3.66. The Morgan fingerprint density at radius 3 is 2.45 bits per heavy atom. The van der Waals surface area contributed by atoms with Crippen LogP contribution in [0.15, 0.2) is 71.5 Å². The molecule has 0 bridgehead atoms. The quantitative estimate of drug-likeness (QED) is 0.460. The number of aromatic nitrogens is 3. The lowest BCUT2D eigenvalue weighted by Crippen LogP contribution is -2.23. The average molecular weight is 412 g/mol. The lowest BCUT2D eigenvalue weighted by molar-refractivity contribution is 0.397. The van der Waals surface area contributed by atoms with Crippen LogP contribution in [0.2, 0.25) is 0 Å². The van der Waals surface area contributed by atoms with Crippen LogP contribution in [-0.4, -0.2) is 21.6 Å². The zero-order chi connectivity index (χ0) is 22.0. The standard InChI is InChI=1S/C26H25N3O2/c1-26(2,3)18-9-7-11-20(17-18)29-23(16-15-19-10-8-14-24(27-19)31-4)28-22-13-6-5-12-21(22)25(29)30/h5-17H,1-4H3/b16-15+. The summed E-state index contributed by atoms with van der Waals surface area (Å²) in [7, 11) is 1.58. The third kappa shape index (κ3) is 4.26. The molecule has 5 heteroatoms. The van der Waals surface area contributed by atoms with E-state index in [9.17, 15) is 4.79 Å². The van der Waals surface area contributed by atoms with Gasteiger partial charge in [-0.1, -0.05) is 51.1 Å². The molecule has 0 aliphatic rings. The van der Waals surface area contributed by atoms with Crippen LogP contribution in [0.5, 0.6) is 5.88 Å². The van der Waals surface area contributed by atoms with Crippen LogP contribution >= 0.6 is 0 Å². The van der Waals surface area contributed by atoms with Crippen molar-refractivity contribution in [2.45, 2.75) is 26.2 Å². The van der Waals surface area contributed by atoms with Gasteiger partial charge >= 0.3 is 0 Å². The first-order chi connectivity index (χ1) is 14.9. The summed E-state index contributed by atoms with van der Waals surface area (Å²) in [6, 6.07) is 21.0. The second-order valence-corrected chi connectivity index (χ2v) is 8.37. The van der Waals surface area contributed by atoms with Crippen molar-refractivity contribution in [1.82, 2.24) is 14.5 Å². The highest BCUT2D eigenvalue weighted by molar-refractivity contribution is 5.80. The van der Waals surface area contributed by atoms with Crippen LogP contribution in [0, 0.1) is 0 Å². The van der Waals surface area contributed by atoms with Crippen LogP contribution in [0.3, 0.4) is 0 Å². The van der Waals surface area contributed by atoms with E-state index in [1.165, 1.54) is 0 Å². The van der Waals surface area contributed by atoms with E-state index in [1.807, 2.05) is 60.7 Å². The van der Waals surface area contributed by atoms with E-state index in [1.54, 1.807) is 17.7 Å². The molecule has 0 atom stereocenters. The molecular formula is C26H25N3O2. The fourth-order valence-corrected chi connectivity index (χ4v) is 3.42. The molecule has 2 aromatic heterocycles. The first-order valence-electron chi connectivity index (χ1n) is 10.2. The van der Waals surface area contributed by atoms with Crippen molar-refractivity contribution in [3.05, 3.63) is 94.2 Å². The van der Waals surface area contributed by atoms with Crippen molar-refractivity contribution in [2.24, 2.45) is 0 Å². The maximum atomic E-state index is 13.5. The number of para-hydroxylation sites is 1. The Balaban J connectivity index is 1.92. The average Bonchev–Trinajstić information content (AvgIpc) is 2.77. The summed E-state index contributed by atoms with van der Waals surface area (Å²) in [4.78, 5) is 22.7. The van der Waals surface area contributed by atoms with Gasteiger partial charge in [0.05, 0.1) is 29.4 Å². The number of nitrogens with zero attached hydrogens (tertiary/aromatic N) is 3. The molecule has 0 amide bonds. The lowest BCUT2D eigenvalue weighted by atomic mass is 9.87. The van der Waals surface area contributed by atoms with Gasteiger partial charge in [0.2, 0.25) is 5.88 Å². The maximum absolute atomic E-state index is 13.5. The van der Waals surface area contributed by atoms with Gasteiger partial charge < -0.3 is 4.74 Å². The largest absolute Gasteiger partial charge is 0.481 e. The number of benzene rings is 2. The van der Waals surface area contributed by atoms with E-state index >= 15 is 0 Å². The Bertz CT molecular complexity index is 1330. The van der Waals surface area contributed by atoms with Gasteiger partial charge in [-0.05, 0) is 53.5 Å². The minimum absolute atomic E-state index is 0.0373. The molecule has 0 aliphatic heterocycles. The van der Waals surface area contributed by atoms with Gasteiger partial charge in [-0.2, -0.15) is 0 Å². The first kappa shape index (κ1) is 20.5. The van der Waals surface area contributed by atoms with Crippen molar-refractivity contribution >= 4 is 23.1 Å². The highest BCUT2D eigenvalue weighted by atomic mass is 16.5. The molecule has 0 aliphatic carbocycles. The summed E-state index contributed by atoms with van der Waals surface area (Å²) in [5, 5.41) is 0.584. The fraction of sp³-hybridized carbons (Fsp3) is 0.192. The molecule has 4 aromatic rings. The summed E-state index contributed by atoms with van der Waals surface area (Å²) < 4.78 is 6.87. The number of ether oxygens (including phenoxy) is 1. The lowest BCUT2D eigenvalue weighted by Gasteiger charge is -2.20. The number of rotatable bonds is 4. The fourth-order valence-electron chi connectivity index (χ4n) is 3.42. The predicted octanol–water partition coefficient (Wildman–Crippen LogP) is 5.26. The number of hydrogen-bond acceptors (Lipinski definition) is 4. The van der Waals surface area contributed by atoms with Crippen LogP contribution in [0.25, 0.3) is 28.7 Å². The molecule has 4 rings (SSSR count). The second-order valence-electron chi connectivity index (χ2n) is 8.37. The van der Waals surface area contributed by atoms with Gasteiger partial charge in [-0.3, -0.25) is 9.36 Å². The second kappa shape index (κ2) is 8.19.